The highest BCUT2D eigenvalue weighted by atomic mass is 35.5. The first-order valence-corrected chi connectivity index (χ1v) is 7.00. The number of halogens is 4. The summed E-state index contributed by atoms with van der Waals surface area (Å²) in [6.07, 6.45) is -5.89. The second kappa shape index (κ2) is 6.43. The van der Waals surface area contributed by atoms with Gasteiger partial charge in [0.2, 0.25) is 0 Å². The van der Waals surface area contributed by atoms with Crippen LogP contribution in [0.3, 0.4) is 0 Å². The molecule has 0 heterocycles. The second-order valence-corrected chi connectivity index (χ2v) is 5.42. The number of rotatable bonds is 4. The number of Topliss-reactive ketones (excluding diaryl/α,β-unsaturated/α-hetero) is 1. The summed E-state index contributed by atoms with van der Waals surface area (Å²) >= 11 is 5.69. The van der Waals surface area contributed by atoms with Crippen molar-refractivity contribution in [2.75, 3.05) is 0 Å². The summed E-state index contributed by atoms with van der Waals surface area (Å²) in [5.74, 6) is -0.751. The van der Waals surface area contributed by atoms with Crippen molar-refractivity contribution in [2.24, 2.45) is 0 Å². The molecule has 0 aliphatic carbocycles. The summed E-state index contributed by atoms with van der Waals surface area (Å²) in [4.78, 5) is 12.2. The molecule has 0 saturated heterocycles. The molecule has 6 heteroatoms. The number of carbonyl (C=O) groups is 1. The van der Waals surface area contributed by atoms with Crippen LogP contribution in [0.1, 0.15) is 22.3 Å². The molecule has 0 aromatic heterocycles. The maximum atomic E-state index is 13.6. The molecule has 0 fully saturated rings. The minimum Gasteiger partial charge on any atom is -0.294 e. The lowest BCUT2D eigenvalue weighted by atomic mass is 9.76. The van der Waals surface area contributed by atoms with Crippen LogP contribution in [0.25, 0.3) is 0 Å². The van der Waals surface area contributed by atoms with Crippen molar-refractivity contribution in [3.05, 3.63) is 70.7 Å². The van der Waals surface area contributed by atoms with Crippen molar-refractivity contribution in [1.82, 2.24) is 0 Å². The molecule has 118 valence electrons. The van der Waals surface area contributed by atoms with Gasteiger partial charge in [-0.05, 0) is 17.7 Å². The fourth-order valence-electron chi connectivity index (χ4n) is 2.23. The van der Waals surface area contributed by atoms with Gasteiger partial charge < -0.3 is 0 Å². The smallest absolute Gasteiger partial charge is 0.294 e. The predicted octanol–water partition coefficient (Wildman–Crippen LogP) is 4.94. The lowest BCUT2D eigenvalue weighted by molar-refractivity contribution is -0.172. The zero-order chi connectivity index (χ0) is 17.1. The van der Waals surface area contributed by atoms with Gasteiger partial charge >= 0.3 is 6.18 Å². The summed E-state index contributed by atoms with van der Waals surface area (Å²) in [7, 11) is 0. The third-order valence-corrected chi connectivity index (χ3v) is 3.79. The van der Waals surface area contributed by atoms with Crippen molar-refractivity contribution >= 4 is 17.4 Å². The largest absolute Gasteiger partial charge is 0.411 e. The fourth-order valence-corrected chi connectivity index (χ4v) is 2.36. The Hall–Kier alpha value is -2.32. The minimum absolute atomic E-state index is 0.130. The topological polar surface area (TPSA) is 40.9 Å². The van der Waals surface area contributed by atoms with Crippen molar-refractivity contribution in [3.63, 3.8) is 0 Å². The number of alkyl halides is 3. The van der Waals surface area contributed by atoms with E-state index in [-0.39, 0.29) is 16.1 Å². The van der Waals surface area contributed by atoms with Crippen LogP contribution >= 0.6 is 11.6 Å². The summed E-state index contributed by atoms with van der Waals surface area (Å²) in [6, 6.07) is 13.7. The van der Waals surface area contributed by atoms with Crippen molar-refractivity contribution in [3.8, 4) is 6.07 Å². The van der Waals surface area contributed by atoms with Gasteiger partial charge in [0.1, 0.15) is 0 Å². The van der Waals surface area contributed by atoms with Gasteiger partial charge in [0.05, 0.1) is 6.07 Å². The molecule has 2 aromatic carbocycles. The number of carbonyl (C=O) groups excluding carboxylic acids is 1. The Bertz CT molecular complexity index is 735. The molecule has 2 rings (SSSR count). The minimum atomic E-state index is -4.90. The van der Waals surface area contributed by atoms with E-state index in [1.165, 1.54) is 30.3 Å². The van der Waals surface area contributed by atoms with Gasteiger partial charge in [-0.2, -0.15) is 18.4 Å². The Morgan fingerprint density at radius 3 is 2.09 bits per heavy atom. The molecule has 23 heavy (non-hydrogen) atoms. The van der Waals surface area contributed by atoms with Gasteiger partial charge in [0, 0.05) is 17.0 Å². The van der Waals surface area contributed by atoms with E-state index in [0.717, 1.165) is 12.1 Å². The quantitative estimate of drug-likeness (QED) is 0.742. The van der Waals surface area contributed by atoms with E-state index in [1.54, 1.807) is 18.2 Å². The number of nitriles is 1. The lowest BCUT2D eigenvalue weighted by Crippen LogP contribution is -2.43. The molecule has 0 spiro atoms. The van der Waals surface area contributed by atoms with Crippen LogP contribution in [0.2, 0.25) is 5.02 Å². The van der Waals surface area contributed by atoms with E-state index in [4.69, 9.17) is 11.6 Å². The third-order valence-electron chi connectivity index (χ3n) is 3.53. The number of nitrogens with zero attached hydrogens (tertiary/aromatic N) is 1. The molecule has 1 atom stereocenters. The Labute approximate surface area is 136 Å². The number of hydrogen-bond acceptors (Lipinski definition) is 2. The summed E-state index contributed by atoms with van der Waals surface area (Å²) in [6.45, 7) is 0. The number of benzene rings is 2. The highest BCUT2D eigenvalue weighted by Gasteiger charge is 2.57. The van der Waals surface area contributed by atoms with Gasteiger partial charge in [-0.3, -0.25) is 4.79 Å². The monoisotopic (exact) mass is 337 g/mol. The first kappa shape index (κ1) is 17.0. The number of ketones is 1. The maximum absolute atomic E-state index is 13.6. The Balaban J connectivity index is 2.49. The first-order valence-electron chi connectivity index (χ1n) is 6.62. The van der Waals surface area contributed by atoms with E-state index in [2.05, 4.69) is 0 Å². The van der Waals surface area contributed by atoms with Crippen molar-refractivity contribution in [1.29, 1.82) is 5.26 Å². The van der Waals surface area contributed by atoms with E-state index in [1.807, 2.05) is 0 Å². The average Bonchev–Trinajstić information content (AvgIpc) is 2.53. The van der Waals surface area contributed by atoms with Crippen LogP contribution in [-0.4, -0.2) is 12.0 Å². The molecule has 0 saturated carbocycles. The van der Waals surface area contributed by atoms with Crippen LogP contribution in [0.4, 0.5) is 13.2 Å². The molecule has 0 radical (unpaired) electrons. The summed E-state index contributed by atoms with van der Waals surface area (Å²) in [5.41, 5.74) is -3.09. The Morgan fingerprint density at radius 1 is 1.04 bits per heavy atom. The van der Waals surface area contributed by atoms with Crippen LogP contribution in [0, 0.1) is 11.3 Å². The highest BCUT2D eigenvalue weighted by Crippen LogP contribution is 2.44. The molecule has 2 aromatic rings. The van der Waals surface area contributed by atoms with E-state index < -0.39 is 23.8 Å². The van der Waals surface area contributed by atoms with Crippen LogP contribution < -0.4 is 0 Å². The molecular weight excluding hydrogens is 327 g/mol. The SMILES string of the molecule is N#C[C@@](CC(=O)c1ccccc1)(c1ccc(Cl)cc1)C(F)(F)F. The molecule has 0 N–H and O–H groups in total. The molecule has 0 amide bonds. The first-order chi connectivity index (χ1) is 10.8. The van der Waals surface area contributed by atoms with Crippen LogP contribution in [0.5, 0.6) is 0 Å². The van der Waals surface area contributed by atoms with E-state index in [9.17, 15) is 23.2 Å². The van der Waals surface area contributed by atoms with Gasteiger partial charge in [-0.1, -0.05) is 54.1 Å². The standard InChI is InChI=1S/C17H11ClF3NO/c18-14-8-6-13(7-9-14)16(11-22,17(19,20)21)10-15(23)12-4-2-1-3-5-12/h1-9H,10H2/t16-/m0/s1. The van der Waals surface area contributed by atoms with Crippen molar-refractivity contribution < 1.29 is 18.0 Å². The Kier molecular flexibility index (Phi) is 4.76. The van der Waals surface area contributed by atoms with Crippen LogP contribution in [0.15, 0.2) is 54.6 Å². The summed E-state index contributed by atoms with van der Waals surface area (Å²) < 4.78 is 40.9. The molecule has 2 nitrogen and oxygen atoms in total. The third kappa shape index (κ3) is 3.38. The Morgan fingerprint density at radius 2 is 1.61 bits per heavy atom. The van der Waals surface area contributed by atoms with Crippen molar-refractivity contribution in [2.45, 2.75) is 18.0 Å². The summed E-state index contributed by atoms with van der Waals surface area (Å²) in [5, 5.41) is 9.52. The van der Waals surface area contributed by atoms with Gasteiger partial charge in [0.25, 0.3) is 0 Å². The maximum Gasteiger partial charge on any atom is 0.411 e. The van der Waals surface area contributed by atoms with Gasteiger partial charge in [0.15, 0.2) is 11.2 Å². The highest BCUT2D eigenvalue weighted by molar-refractivity contribution is 6.30. The molecule has 0 aliphatic heterocycles. The van der Waals surface area contributed by atoms with E-state index >= 15 is 0 Å². The normalized spacial score (nSPS) is 13.9. The zero-order valence-electron chi connectivity index (χ0n) is 11.8. The molecule has 0 unspecified atom stereocenters. The molecular formula is C17H11ClF3NO. The van der Waals surface area contributed by atoms with Gasteiger partial charge in [-0.25, -0.2) is 0 Å². The fraction of sp³-hybridized carbons (Fsp3) is 0.176. The van der Waals surface area contributed by atoms with Crippen LogP contribution in [-0.2, 0) is 5.41 Å². The lowest BCUT2D eigenvalue weighted by Gasteiger charge is -2.29. The molecule has 0 aliphatic rings. The number of hydrogen-bond donors (Lipinski definition) is 0. The zero-order valence-corrected chi connectivity index (χ0v) is 12.5. The predicted molar refractivity (Wildman–Crippen MR) is 80.2 cm³/mol. The molecule has 0 bridgehead atoms. The van der Waals surface area contributed by atoms with E-state index in [0.29, 0.717) is 0 Å². The second-order valence-electron chi connectivity index (χ2n) is 4.99. The van der Waals surface area contributed by atoms with Gasteiger partial charge in [-0.15, -0.1) is 0 Å². The average molecular weight is 338 g/mol.